The molecule has 0 amide bonds. The molecular weight excluding hydrogens is 252 g/mol. The second-order valence-electron chi connectivity index (χ2n) is 2.55. The molecule has 0 bridgehead atoms. The van der Waals surface area contributed by atoms with Crippen molar-refractivity contribution in [2.24, 2.45) is 0 Å². The Hall–Kier alpha value is -1.67. The molecule has 0 aromatic heterocycles. The van der Waals surface area contributed by atoms with E-state index in [0.29, 0.717) is 0 Å². The van der Waals surface area contributed by atoms with Crippen LogP contribution in [0, 0.1) is 0 Å². The minimum absolute atomic E-state index is 0.0371. The zero-order chi connectivity index (χ0) is 13.9. The monoisotopic (exact) mass is 266 g/mol. The van der Waals surface area contributed by atoms with Crippen molar-refractivity contribution in [2.45, 2.75) is 6.42 Å². The minimum Gasteiger partial charge on any atom is -0.478 e. The van der Waals surface area contributed by atoms with Crippen molar-refractivity contribution in [1.82, 2.24) is 0 Å². The van der Waals surface area contributed by atoms with Crippen molar-refractivity contribution in [2.75, 3.05) is 12.4 Å². The Balaban J connectivity index is 0. The van der Waals surface area contributed by atoms with Crippen molar-refractivity contribution >= 4 is 22.1 Å². The van der Waals surface area contributed by atoms with E-state index in [1.807, 2.05) is 0 Å². The molecule has 0 aromatic rings. The molecule has 2 N–H and O–H groups in total. The number of ether oxygens (including phenoxy) is 1. The van der Waals surface area contributed by atoms with Gasteiger partial charge >= 0.3 is 11.9 Å². The van der Waals surface area contributed by atoms with E-state index in [-0.39, 0.29) is 13.0 Å². The summed E-state index contributed by atoms with van der Waals surface area (Å²) < 4.78 is 33.0. The molecule has 0 fully saturated rings. The third-order valence-corrected chi connectivity index (χ3v) is 1.94. The first-order chi connectivity index (χ1) is 7.72. The van der Waals surface area contributed by atoms with Gasteiger partial charge < -0.3 is 9.84 Å². The molecule has 0 radical (unpaired) electrons. The number of rotatable bonds is 6. The number of carboxylic acid groups (broad SMARTS) is 1. The van der Waals surface area contributed by atoms with Crippen LogP contribution in [0.4, 0.5) is 0 Å². The molecule has 0 rings (SSSR count). The van der Waals surface area contributed by atoms with Crippen LogP contribution in [0.25, 0.3) is 0 Å². The highest BCUT2D eigenvalue weighted by Crippen LogP contribution is 1.90. The molecule has 0 unspecified atom stereocenters. The molecule has 0 aliphatic carbocycles. The first-order valence-electron chi connectivity index (χ1n) is 4.32. The summed E-state index contributed by atoms with van der Waals surface area (Å²) in [6, 6.07) is 0. The van der Waals surface area contributed by atoms with Crippen LogP contribution in [0.15, 0.2) is 25.3 Å². The van der Waals surface area contributed by atoms with E-state index in [2.05, 4.69) is 17.9 Å². The normalized spacial score (nSPS) is 9.47. The lowest BCUT2D eigenvalue weighted by atomic mass is 10.5. The largest absolute Gasteiger partial charge is 0.478 e. The van der Waals surface area contributed by atoms with Crippen molar-refractivity contribution in [3.63, 3.8) is 0 Å². The van der Waals surface area contributed by atoms with Gasteiger partial charge in [-0.3, -0.25) is 4.55 Å². The average Bonchev–Trinajstić information content (AvgIpc) is 2.23. The Morgan fingerprint density at radius 3 is 2.00 bits per heavy atom. The number of carbonyl (C=O) groups is 2. The van der Waals surface area contributed by atoms with Crippen molar-refractivity contribution < 1.29 is 32.4 Å². The molecule has 7 nitrogen and oxygen atoms in total. The Kier molecular flexibility index (Phi) is 9.95. The van der Waals surface area contributed by atoms with Gasteiger partial charge in [-0.05, 0) is 6.42 Å². The highest BCUT2D eigenvalue weighted by atomic mass is 32.2. The van der Waals surface area contributed by atoms with E-state index in [4.69, 9.17) is 9.66 Å². The highest BCUT2D eigenvalue weighted by molar-refractivity contribution is 7.85. The van der Waals surface area contributed by atoms with Gasteiger partial charge in [-0.25, -0.2) is 9.59 Å². The molecular formula is C9H14O7S. The summed E-state index contributed by atoms with van der Waals surface area (Å²) in [6.07, 6.45) is 1.89. The number of esters is 1. The van der Waals surface area contributed by atoms with Gasteiger partial charge in [-0.1, -0.05) is 13.2 Å². The summed E-state index contributed by atoms with van der Waals surface area (Å²) in [4.78, 5) is 19.6. The van der Waals surface area contributed by atoms with E-state index in [0.717, 1.165) is 12.2 Å². The van der Waals surface area contributed by atoms with Gasteiger partial charge in [0.1, 0.15) is 0 Å². The van der Waals surface area contributed by atoms with E-state index < -0.39 is 27.8 Å². The minimum atomic E-state index is -3.95. The molecule has 0 saturated carbocycles. The quantitative estimate of drug-likeness (QED) is 0.306. The van der Waals surface area contributed by atoms with Gasteiger partial charge in [0.05, 0.1) is 12.4 Å². The average molecular weight is 266 g/mol. The van der Waals surface area contributed by atoms with Crippen molar-refractivity contribution in [3.05, 3.63) is 25.3 Å². The van der Waals surface area contributed by atoms with Crippen LogP contribution in [0.2, 0.25) is 0 Å². The zero-order valence-electron chi connectivity index (χ0n) is 9.03. The van der Waals surface area contributed by atoms with Gasteiger partial charge in [0, 0.05) is 12.2 Å². The lowest BCUT2D eigenvalue weighted by molar-refractivity contribution is -0.137. The fraction of sp³-hybridized carbons (Fsp3) is 0.333. The van der Waals surface area contributed by atoms with Crippen LogP contribution in [0.5, 0.6) is 0 Å². The Morgan fingerprint density at radius 2 is 1.71 bits per heavy atom. The Bertz CT molecular complexity index is 369. The van der Waals surface area contributed by atoms with Crippen LogP contribution in [-0.2, 0) is 24.4 Å². The topological polar surface area (TPSA) is 118 Å². The Labute approximate surface area is 99.1 Å². The third-order valence-electron chi connectivity index (χ3n) is 1.13. The molecule has 98 valence electrons. The molecule has 0 spiro atoms. The fourth-order valence-corrected chi connectivity index (χ4v) is 0.956. The maximum Gasteiger partial charge on any atom is 0.330 e. The van der Waals surface area contributed by atoms with E-state index in [1.54, 1.807) is 0 Å². The maximum atomic E-state index is 10.4. The number of carbonyl (C=O) groups excluding carboxylic acids is 1. The number of carboxylic acids is 1. The molecule has 0 aliphatic rings. The predicted molar refractivity (Wildman–Crippen MR) is 60.0 cm³/mol. The second kappa shape index (κ2) is 9.55. The maximum absolute atomic E-state index is 10.4. The lowest BCUT2D eigenvalue weighted by Crippen LogP contribution is -2.09. The number of hydrogen-bond acceptors (Lipinski definition) is 5. The van der Waals surface area contributed by atoms with E-state index in [9.17, 15) is 18.0 Å². The molecule has 17 heavy (non-hydrogen) atoms. The third kappa shape index (κ3) is 20.4. The molecule has 0 aromatic carbocycles. The summed E-state index contributed by atoms with van der Waals surface area (Å²) in [5.74, 6) is -1.99. The van der Waals surface area contributed by atoms with Gasteiger partial charge in [-0.2, -0.15) is 8.42 Å². The van der Waals surface area contributed by atoms with Gasteiger partial charge in [-0.15, -0.1) is 0 Å². The van der Waals surface area contributed by atoms with Gasteiger partial charge in [0.2, 0.25) is 0 Å². The SMILES string of the molecule is C=CC(=O)O.C=CC(=O)OCCCS(=O)(=O)O. The number of aliphatic carboxylic acids is 1. The van der Waals surface area contributed by atoms with Crippen LogP contribution in [0.1, 0.15) is 6.42 Å². The van der Waals surface area contributed by atoms with Crippen LogP contribution < -0.4 is 0 Å². The van der Waals surface area contributed by atoms with Crippen LogP contribution in [0.3, 0.4) is 0 Å². The first kappa shape index (κ1) is 17.7. The highest BCUT2D eigenvalue weighted by Gasteiger charge is 2.04. The lowest BCUT2D eigenvalue weighted by Gasteiger charge is -1.99. The summed E-state index contributed by atoms with van der Waals surface area (Å²) in [5, 5.41) is 7.60. The van der Waals surface area contributed by atoms with Crippen LogP contribution >= 0.6 is 0 Å². The summed E-state index contributed by atoms with van der Waals surface area (Å²) in [5.41, 5.74) is 0. The summed E-state index contributed by atoms with van der Waals surface area (Å²) in [7, 11) is -3.95. The predicted octanol–water partition coefficient (Wildman–Crippen LogP) is 0.251. The molecule has 0 heterocycles. The standard InChI is InChI=1S/C6H10O5S.C3H4O2/c1-2-6(7)11-4-3-5-12(8,9)10;1-2-3(4)5/h2H,1,3-5H2,(H,8,9,10);2H,1H2,(H,4,5). The van der Waals surface area contributed by atoms with Gasteiger partial charge in [0.15, 0.2) is 0 Å². The second-order valence-corrected chi connectivity index (χ2v) is 4.13. The smallest absolute Gasteiger partial charge is 0.330 e. The van der Waals surface area contributed by atoms with Gasteiger partial charge in [0.25, 0.3) is 10.1 Å². The fourth-order valence-electron chi connectivity index (χ4n) is 0.473. The van der Waals surface area contributed by atoms with Crippen molar-refractivity contribution in [3.8, 4) is 0 Å². The van der Waals surface area contributed by atoms with E-state index in [1.165, 1.54) is 0 Å². The zero-order valence-corrected chi connectivity index (χ0v) is 9.85. The molecule has 0 atom stereocenters. The summed E-state index contributed by atoms with van der Waals surface area (Å²) in [6.45, 7) is 6.07. The van der Waals surface area contributed by atoms with E-state index >= 15 is 0 Å². The molecule has 0 saturated heterocycles. The molecule has 0 aliphatic heterocycles. The summed E-state index contributed by atoms with van der Waals surface area (Å²) >= 11 is 0. The van der Waals surface area contributed by atoms with Crippen LogP contribution in [-0.4, -0.2) is 42.4 Å². The number of hydrogen-bond donors (Lipinski definition) is 2. The molecule has 8 heteroatoms. The first-order valence-corrected chi connectivity index (χ1v) is 5.93. The van der Waals surface area contributed by atoms with Crippen molar-refractivity contribution in [1.29, 1.82) is 0 Å². The Morgan fingerprint density at radius 1 is 1.24 bits per heavy atom.